The van der Waals surface area contributed by atoms with Gasteiger partial charge < -0.3 is 10.2 Å². The maximum absolute atomic E-state index is 12.8. The van der Waals surface area contributed by atoms with Crippen molar-refractivity contribution in [1.82, 2.24) is 14.7 Å². The van der Waals surface area contributed by atoms with E-state index in [1.54, 1.807) is 26.0 Å². The molecule has 1 fully saturated rings. The van der Waals surface area contributed by atoms with Gasteiger partial charge >= 0.3 is 0 Å². The van der Waals surface area contributed by atoms with Gasteiger partial charge in [-0.1, -0.05) is 26.2 Å². The van der Waals surface area contributed by atoms with E-state index in [4.69, 9.17) is 0 Å². The highest BCUT2D eigenvalue weighted by atomic mass is 32.2. The number of carbonyl (C=O) groups is 1. The zero-order chi connectivity index (χ0) is 21.7. The van der Waals surface area contributed by atoms with Crippen LogP contribution in [0, 0.1) is 6.92 Å². The van der Waals surface area contributed by atoms with Gasteiger partial charge in [0.1, 0.15) is 17.8 Å². The van der Waals surface area contributed by atoms with E-state index in [-0.39, 0.29) is 16.5 Å². The van der Waals surface area contributed by atoms with Crippen LogP contribution in [-0.2, 0) is 10.0 Å². The van der Waals surface area contributed by atoms with Crippen LogP contribution >= 0.6 is 0 Å². The van der Waals surface area contributed by atoms with E-state index < -0.39 is 10.0 Å². The Balaban J connectivity index is 1.75. The van der Waals surface area contributed by atoms with Crippen LogP contribution in [0.15, 0.2) is 35.5 Å². The minimum Gasteiger partial charge on any atom is -0.357 e. The zero-order valence-corrected chi connectivity index (χ0v) is 18.5. The summed E-state index contributed by atoms with van der Waals surface area (Å²) in [4.78, 5) is 23.5. The third-order valence-electron chi connectivity index (χ3n) is 5.46. The van der Waals surface area contributed by atoms with Crippen LogP contribution in [0.2, 0.25) is 0 Å². The number of rotatable bonds is 7. The number of hydrogen-bond donors (Lipinski definition) is 2. The molecule has 3 rings (SSSR count). The maximum atomic E-state index is 12.8. The molecule has 0 unspecified atom stereocenters. The fourth-order valence-corrected chi connectivity index (χ4v) is 4.85. The molecule has 1 aromatic carbocycles. The molecule has 1 saturated carbocycles. The summed E-state index contributed by atoms with van der Waals surface area (Å²) in [6.07, 6.45) is 7.36. The van der Waals surface area contributed by atoms with E-state index in [9.17, 15) is 13.2 Å². The summed E-state index contributed by atoms with van der Waals surface area (Å²) in [5.41, 5.74) is 1.46. The first kappa shape index (κ1) is 22.2. The molecule has 9 heteroatoms. The second kappa shape index (κ2) is 9.53. The normalized spacial score (nSPS) is 15.0. The first-order chi connectivity index (χ1) is 14.3. The summed E-state index contributed by atoms with van der Waals surface area (Å²) in [7, 11) is -1.54. The van der Waals surface area contributed by atoms with Gasteiger partial charge in [-0.3, -0.25) is 4.79 Å². The maximum Gasteiger partial charge on any atom is 0.274 e. The topological polar surface area (TPSA) is 104 Å². The smallest absolute Gasteiger partial charge is 0.274 e. The Morgan fingerprint density at radius 1 is 1.17 bits per heavy atom. The van der Waals surface area contributed by atoms with Crippen molar-refractivity contribution in [3.63, 3.8) is 0 Å². The first-order valence-electron chi connectivity index (χ1n) is 10.3. The van der Waals surface area contributed by atoms with Crippen molar-refractivity contribution in [2.45, 2.75) is 56.9 Å². The van der Waals surface area contributed by atoms with E-state index in [0.717, 1.165) is 18.7 Å². The summed E-state index contributed by atoms with van der Waals surface area (Å²) < 4.78 is 26.8. The molecular formula is C21H29N5O3S. The molecule has 0 radical (unpaired) electrons. The lowest BCUT2D eigenvalue weighted by Gasteiger charge is -2.32. The Morgan fingerprint density at radius 3 is 2.57 bits per heavy atom. The quantitative estimate of drug-likeness (QED) is 0.698. The summed E-state index contributed by atoms with van der Waals surface area (Å²) in [5, 5.41) is 2.82. The van der Waals surface area contributed by atoms with Crippen LogP contribution in [0.3, 0.4) is 0 Å². The van der Waals surface area contributed by atoms with Crippen molar-refractivity contribution in [2.24, 2.45) is 0 Å². The zero-order valence-electron chi connectivity index (χ0n) is 17.7. The molecule has 162 valence electrons. The lowest BCUT2D eigenvalue weighted by molar-refractivity contribution is 0.102. The third kappa shape index (κ3) is 5.14. The van der Waals surface area contributed by atoms with Gasteiger partial charge in [0, 0.05) is 31.4 Å². The Kier molecular flexibility index (Phi) is 7.04. The van der Waals surface area contributed by atoms with Crippen molar-refractivity contribution in [3.8, 4) is 0 Å². The molecule has 2 aromatic rings. The van der Waals surface area contributed by atoms with E-state index in [1.165, 1.54) is 37.7 Å². The summed E-state index contributed by atoms with van der Waals surface area (Å²) in [6.45, 7) is 3.79. The molecular weight excluding hydrogens is 402 g/mol. The van der Waals surface area contributed by atoms with Crippen LogP contribution in [0.25, 0.3) is 0 Å². The molecule has 0 aliphatic heterocycles. The van der Waals surface area contributed by atoms with E-state index >= 15 is 0 Å². The Morgan fingerprint density at radius 2 is 1.90 bits per heavy atom. The number of nitrogens with zero attached hydrogens (tertiary/aromatic N) is 3. The standard InChI is InChI=1S/C21H29N5O3S/c1-4-24-30(28,29)17-10-11-18(15(2)12-17)25-21(27)19-13-20(23-14-22-19)26(3)16-8-6-5-7-9-16/h10-14,16,24H,4-9H2,1-3H3,(H,25,27). The number of carbonyl (C=O) groups excluding carboxylic acids is 1. The van der Waals surface area contributed by atoms with E-state index in [1.807, 2.05) is 7.05 Å². The van der Waals surface area contributed by atoms with Crippen LogP contribution in [-0.4, -0.2) is 43.9 Å². The van der Waals surface area contributed by atoms with Crippen molar-refractivity contribution in [1.29, 1.82) is 0 Å². The first-order valence-corrected chi connectivity index (χ1v) is 11.8. The lowest BCUT2D eigenvalue weighted by atomic mass is 9.94. The number of anilines is 2. The Labute approximate surface area is 178 Å². The third-order valence-corrected chi connectivity index (χ3v) is 7.00. The van der Waals surface area contributed by atoms with Crippen LogP contribution in [0.4, 0.5) is 11.5 Å². The number of benzene rings is 1. The van der Waals surface area contributed by atoms with Crippen molar-refractivity contribution in [2.75, 3.05) is 23.8 Å². The SMILES string of the molecule is CCNS(=O)(=O)c1ccc(NC(=O)c2cc(N(C)C3CCCCC3)ncn2)c(C)c1. The second-order valence-electron chi connectivity index (χ2n) is 7.60. The average Bonchev–Trinajstić information content (AvgIpc) is 2.75. The van der Waals surface area contributed by atoms with Gasteiger partial charge in [-0.15, -0.1) is 0 Å². The number of aromatic nitrogens is 2. The minimum atomic E-state index is -3.55. The predicted molar refractivity (Wildman–Crippen MR) is 117 cm³/mol. The molecule has 1 aliphatic rings. The summed E-state index contributed by atoms with van der Waals surface area (Å²) in [6, 6.07) is 6.73. The van der Waals surface area contributed by atoms with Gasteiger partial charge in [-0.25, -0.2) is 23.1 Å². The van der Waals surface area contributed by atoms with Gasteiger partial charge in [0.15, 0.2) is 0 Å². The fraction of sp³-hybridized carbons (Fsp3) is 0.476. The number of nitrogens with one attached hydrogen (secondary N) is 2. The molecule has 2 N–H and O–H groups in total. The highest BCUT2D eigenvalue weighted by Crippen LogP contribution is 2.25. The largest absolute Gasteiger partial charge is 0.357 e. The lowest BCUT2D eigenvalue weighted by Crippen LogP contribution is -2.34. The number of sulfonamides is 1. The van der Waals surface area contributed by atoms with Gasteiger partial charge in [0.25, 0.3) is 5.91 Å². The monoisotopic (exact) mass is 431 g/mol. The van der Waals surface area contributed by atoms with Crippen LogP contribution in [0.5, 0.6) is 0 Å². The molecule has 1 aliphatic carbocycles. The van der Waals surface area contributed by atoms with Crippen molar-refractivity contribution < 1.29 is 13.2 Å². The Bertz CT molecular complexity index is 1000. The Hall–Kier alpha value is -2.52. The highest BCUT2D eigenvalue weighted by molar-refractivity contribution is 7.89. The van der Waals surface area contributed by atoms with E-state index in [0.29, 0.717) is 23.8 Å². The number of aryl methyl sites for hydroxylation is 1. The minimum absolute atomic E-state index is 0.165. The van der Waals surface area contributed by atoms with Gasteiger partial charge in [-0.05, 0) is 43.5 Å². The van der Waals surface area contributed by atoms with Gasteiger partial charge in [-0.2, -0.15) is 0 Å². The van der Waals surface area contributed by atoms with Gasteiger partial charge in [0.05, 0.1) is 4.90 Å². The van der Waals surface area contributed by atoms with Crippen LogP contribution < -0.4 is 14.9 Å². The van der Waals surface area contributed by atoms with Crippen molar-refractivity contribution >= 4 is 27.4 Å². The van der Waals surface area contributed by atoms with Gasteiger partial charge in [0.2, 0.25) is 10.0 Å². The summed E-state index contributed by atoms with van der Waals surface area (Å²) in [5.74, 6) is 0.368. The molecule has 1 aromatic heterocycles. The molecule has 0 atom stereocenters. The molecule has 0 bridgehead atoms. The second-order valence-corrected chi connectivity index (χ2v) is 9.36. The molecule has 0 saturated heterocycles. The van der Waals surface area contributed by atoms with E-state index in [2.05, 4.69) is 24.9 Å². The average molecular weight is 432 g/mol. The molecule has 1 amide bonds. The highest BCUT2D eigenvalue weighted by Gasteiger charge is 2.21. The fourth-order valence-electron chi connectivity index (χ4n) is 3.72. The van der Waals surface area contributed by atoms with Crippen LogP contribution in [0.1, 0.15) is 55.1 Å². The molecule has 30 heavy (non-hydrogen) atoms. The molecule has 8 nitrogen and oxygen atoms in total. The number of hydrogen-bond acceptors (Lipinski definition) is 6. The number of amides is 1. The molecule has 0 spiro atoms. The van der Waals surface area contributed by atoms with Crippen molar-refractivity contribution in [3.05, 3.63) is 41.9 Å². The summed E-state index contributed by atoms with van der Waals surface area (Å²) >= 11 is 0. The predicted octanol–water partition coefficient (Wildman–Crippen LogP) is 3.10. The molecule has 1 heterocycles.